The Morgan fingerprint density at radius 2 is 2.03 bits per heavy atom. The second-order valence-electron chi connectivity index (χ2n) is 7.86. The van der Waals surface area contributed by atoms with Crippen LogP contribution in [0.1, 0.15) is 37.3 Å². The highest BCUT2D eigenvalue weighted by Crippen LogP contribution is 2.26. The van der Waals surface area contributed by atoms with E-state index >= 15 is 0 Å². The standard InChI is InChI=1S/C24H28Cl2N2O4/c1-2-6-24(30)31-16-19(29)14-28(13-17-7-4-3-5-8-17)15-20-12-23(27-32-20)18-9-10-21(25)22(26)11-18/h3-5,7-11,19-20,29H,2,6,12-16H2,1H3/t19-,20+/m0/s1. The van der Waals surface area contributed by atoms with Crippen LogP contribution in [-0.2, 0) is 20.9 Å². The Hall–Kier alpha value is -2.12. The van der Waals surface area contributed by atoms with Gasteiger partial charge in [-0.1, -0.05) is 71.7 Å². The van der Waals surface area contributed by atoms with Gasteiger partial charge in [-0.25, -0.2) is 0 Å². The minimum absolute atomic E-state index is 0.0271. The zero-order chi connectivity index (χ0) is 22.9. The number of carbonyl (C=O) groups excluding carboxylic acids is 1. The number of nitrogens with zero attached hydrogens (tertiary/aromatic N) is 2. The second kappa shape index (κ2) is 12.2. The van der Waals surface area contributed by atoms with Gasteiger partial charge in [0.2, 0.25) is 0 Å². The molecule has 0 amide bonds. The quantitative estimate of drug-likeness (QED) is 0.474. The molecule has 6 nitrogen and oxygen atoms in total. The Kier molecular flexibility index (Phi) is 9.36. The van der Waals surface area contributed by atoms with E-state index in [2.05, 4.69) is 10.1 Å². The Bertz CT molecular complexity index is 923. The predicted octanol–water partition coefficient (Wildman–Crippen LogP) is 4.69. The number of hydrogen-bond acceptors (Lipinski definition) is 6. The molecule has 0 fully saturated rings. The number of esters is 1. The van der Waals surface area contributed by atoms with Crippen LogP contribution in [0, 0.1) is 0 Å². The molecule has 8 heteroatoms. The molecule has 3 rings (SSSR count). The maximum atomic E-state index is 11.6. The third-order valence-corrected chi connectivity index (χ3v) is 5.80. The topological polar surface area (TPSA) is 71.4 Å². The van der Waals surface area contributed by atoms with E-state index in [0.29, 0.717) is 42.5 Å². The first kappa shape index (κ1) is 24.5. The first-order valence-corrected chi connectivity index (χ1v) is 11.5. The lowest BCUT2D eigenvalue weighted by molar-refractivity contribution is -0.147. The van der Waals surface area contributed by atoms with E-state index in [9.17, 15) is 9.90 Å². The lowest BCUT2D eigenvalue weighted by Crippen LogP contribution is -2.39. The van der Waals surface area contributed by atoms with Crippen molar-refractivity contribution in [3.8, 4) is 0 Å². The number of ether oxygens (including phenoxy) is 1. The molecule has 0 bridgehead atoms. The molecule has 2 atom stereocenters. The molecule has 1 aliphatic heterocycles. The van der Waals surface area contributed by atoms with E-state index in [-0.39, 0.29) is 18.7 Å². The third kappa shape index (κ3) is 7.48. The van der Waals surface area contributed by atoms with Crippen molar-refractivity contribution in [2.75, 3.05) is 19.7 Å². The average molecular weight is 479 g/mol. The zero-order valence-electron chi connectivity index (χ0n) is 18.0. The molecule has 172 valence electrons. The first-order chi connectivity index (χ1) is 15.4. The third-order valence-electron chi connectivity index (χ3n) is 5.06. The Morgan fingerprint density at radius 1 is 1.25 bits per heavy atom. The molecule has 0 spiro atoms. The van der Waals surface area contributed by atoms with Crippen molar-refractivity contribution in [3.63, 3.8) is 0 Å². The molecule has 0 saturated heterocycles. The van der Waals surface area contributed by atoms with Crippen LogP contribution in [0.2, 0.25) is 10.0 Å². The van der Waals surface area contributed by atoms with Crippen molar-refractivity contribution < 1.29 is 19.5 Å². The molecule has 1 heterocycles. The molecular formula is C24H28Cl2N2O4. The number of carbonyl (C=O) groups is 1. The molecule has 1 aliphatic rings. The van der Waals surface area contributed by atoms with Crippen molar-refractivity contribution in [2.24, 2.45) is 5.16 Å². The summed E-state index contributed by atoms with van der Waals surface area (Å²) in [6.45, 7) is 3.41. The molecule has 2 aromatic rings. The highest BCUT2D eigenvalue weighted by Gasteiger charge is 2.26. The summed E-state index contributed by atoms with van der Waals surface area (Å²) in [5.74, 6) is -0.292. The molecule has 0 aliphatic carbocycles. The van der Waals surface area contributed by atoms with E-state index in [1.54, 1.807) is 12.1 Å². The van der Waals surface area contributed by atoms with E-state index in [1.807, 2.05) is 43.3 Å². The molecule has 32 heavy (non-hydrogen) atoms. The monoisotopic (exact) mass is 478 g/mol. The fourth-order valence-electron chi connectivity index (χ4n) is 3.52. The van der Waals surface area contributed by atoms with Gasteiger partial charge in [-0.05, 0) is 24.1 Å². The van der Waals surface area contributed by atoms with E-state index < -0.39 is 6.10 Å². The predicted molar refractivity (Wildman–Crippen MR) is 126 cm³/mol. The van der Waals surface area contributed by atoms with Crippen molar-refractivity contribution in [2.45, 2.75) is 44.9 Å². The van der Waals surface area contributed by atoms with Gasteiger partial charge in [-0.3, -0.25) is 9.69 Å². The molecule has 2 aromatic carbocycles. The summed E-state index contributed by atoms with van der Waals surface area (Å²) >= 11 is 12.1. The van der Waals surface area contributed by atoms with Gasteiger partial charge in [0.1, 0.15) is 18.8 Å². The summed E-state index contributed by atoms with van der Waals surface area (Å²) < 4.78 is 5.17. The number of rotatable bonds is 11. The lowest BCUT2D eigenvalue weighted by atomic mass is 10.0. The van der Waals surface area contributed by atoms with Gasteiger partial charge in [0, 0.05) is 38.0 Å². The van der Waals surface area contributed by atoms with Crippen LogP contribution in [0.5, 0.6) is 0 Å². The molecule has 0 radical (unpaired) electrons. The van der Waals surface area contributed by atoms with Crippen LogP contribution >= 0.6 is 23.2 Å². The largest absolute Gasteiger partial charge is 0.463 e. The number of hydrogen-bond donors (Lipinski definition) is 1. The maximum absolute atomic E-state index is 11.6. The normalized spacial score (nSPS) is 16.5. The van der Waals surface area contributed by atoms with Crippen molar-refractivity contribution in [1.29, 1.82) is 0 Å². The Labute approximate surface area is 198 Å². The number of aliphatic hydroxyl groups is 1. The van der Waals surface area contributed by atoms with Gasteiger partial charge in [-0.2, -0.15) is 0 Å². The molecule has 0 unspecified atom stereocenters. The van der Waals surface area contributed by atoms with E-state index in [1.165, 1.54) is 0 Å². The first-order valence-electron chi connectivity index (χ1n) is 10.7. The highest BCUT2D eigenvalue weighted by atomic mass is 35.5. The minimum Gasteiger partial charge on any atom is -0.463 e. The molecule has 0 aromatic heterocycles. The van der Waals surface area contributed by atoms with Crippen LogP contribution in [-0.4, -0.2) is 53.6 Å². The molecule has 1 N–H and O–H groups in total. The Balaban J connectivity index is 1.59. The van der Waals surface area contributed by atoms with Gasteiger partial charge < -0.3 is 14.7 Å². The summed E-state index contributed by atoms with van der Waals surface area (Å²) in [4.78, 5) is 19.4. The Morgan fingerprint density at radius 3 is 2.75 bits per heavy atom. The van der Waals surface area contributed by atoms with Crippen LogP contribution in [0.3, 0.4) is 0 Å². The van der Waals surface area contributed by atoms with Gasteiger partial charge in [0.25, 0.3) is 0 Å². The van der Waals surface area contributed by atoms with Crippen LogP contribution in [0.25, 0.3) is 0 Å². The number of aliphatic hydroxyl groups excluding tert-OH is 1. The lowest BCUT2D eigenvalue weighted by Gasteiger charge is -2.27. The maximum Gasteiger partial charge on any atom is 0.305 e. The minimum atomic E-state index is -0.795. The second-order valence-corrected chi connectivity index (χ2v) is 8.68. The fourth-order valence-corrected chi connectivity index (χ4v) is 3.82. The summed E-state index contributed by atoms with van der Waals surface area (Å²) in [6.07, 6.45) is 0.722. The smallest absolute Gasteiger partial charge is 0.305 e. The summed E-state index contributed by atoms with van der Waals surface area (Å²) in [7, 11) is 0. The number of halogens is 2. The van der Waals surface area contributed by atoms with Gasteiger partial charge in [0.15, 0.2) is 0 Å². The van der Waals surface area contributed by atoms with E-state index in [0.717, 1.165) is 23.3 Å². The van der Waals surface area contributed by atoms with Crippen molar-refractivity contribution >= 4 is 34.9 Å². The molecule has 0 saturated carbocycles. The van der Waals surface area contributed by atoms with Crippen LogP contribution < -0.4 is 0 Å². The summed E-state index contributed by atoms with van der Waals surface area (Å²) in [5.41, 5.74) is 2.80. The van der Waals surface area contributed by atoms with Crippen molar-refractivity contribution in [3.05, 3.63) is 69.7 Å². The summed E-state index contributed by atoms with van der Waals surface area (Å²) in [6, 6.07) is 15.4. The van der Waals surface area contributed by atoms with E-state index in [4.69, 9.17) is 32.8 Å². The van der Waals surface area contributed by atoms with Crippen LogP contribution in [0.4, 0.5) is 0 Å². The number of benzene rings is 2. The SMILES string of the molecule is CCCC(=O)OC[C@@H](O)CN(Cc1ccccc1)C[C@H]1CC(c2ccc(Cl)c(Cl)c2)=NO1. The van der Waals surface area contributed by atoms with Gasteiger partial charge in [0.05, 0.1) is 15.8 Å². The van der Waals surface area contributed by atoms with Crippen molar-refractivity contribution in [1.82, 2.24) is 4.90 Å². The van der Waals surface area contributed by atoms with Gasteiger partial charge in [-0.15, -0.1) is 0 Å². The molecular weight excluding hydrogens is 451 g/mol. The highest BCUT2D eigenvalue weighted by molar-refractivity contribution is 6.42. The van der Waals surface area contributed by atoms with Gasteiger partial charge >= 0.3 is 5.97 Å². The average Bonchev–Trinajstić information content (AvgIpc) is 3.23. The van der Waals surface area contributed by atoms with Crippen LogP contribution in [0.15, 0.2) is 53.7 Å². The summed E-state index contributed by atoms with van der Waals surface area (Å²) in [5, 5.41) is 15.7. The fraction of sp³-hybridized carbons (Fsp3) is 0.417. The number of oxime groups is 1. The zero-order valence-corrected chi connectivity index (χ0v) is 19.6.